The molecular weight excluding hydrogens is 476 g/mol. The number of benzene rings is 1. The molecule has 1 unspecified atom stereocenters. The number of rotatable bonds is 8. The van der Waals surface area contributed by atoms with E-state index < -0.39 is 11.8 Å². The van der Waals surface area contributed by atoms with Crippen LogP contribution in [-0.4, -0.2) is 68.3 Å². The van der Waals surface area contributed by atoms with Crippen LogP contribution in [-0.2, 0) is 25.4 Å². The molecule has 1 aliphatic heterocycles. The monoisotopic (exact) mass is 508 g/mol. The van der Waals surface area contributed by atoms with Gasteiger partial charge in [-0.25, -0.2) is 4.79 Å². The van der Waals surface area contributed by atoms with Gasteiger partial charge in [-0.05, 0) is 43.1 Å². The van der Waals surface area contributed by atoms with Crippen molar-refractivity contribution in [3.8, 4) is 5.75 Å². The molecule has 0 spiro atoms. The van der Waals surface area contributed by atoms with E-state index in [2.05, 4.69) is 15.2 Å². The number of aliphatic hydroxyl groups excluding tert-OH is 1. The third kappa shape index (κ3) is 5.37. The number of aromatic hydroxyl groups is 1. The lowest BCUT2D eigenvalue weighted by molar-refractivity contribution is 0.121. The lowest BCUT2D eigenvalue weighted by Crippen LogP contribution is -2.39. The standard InChI is InChI=1S/C23H32N6O5.ClH/c1-15-13-16(5-6-17(15)30)18(31)14-24-7-4-8-29-19-20(26(2)23(33)27(3)21(19)32)25-22(29)28-9-11-34-12-10-28;/h5-6,13,18,24,30-31H,4,7-12,14H2,1-3H3;1H. The number of nitrogens with zero attached hydrogens (tertiary/aromatic N) is 5. The summed E-state index contributed by atoms with van der Waals surface area (Å²) in [5.41, 5.74) is 1.47. The highest BCUT2D eigenvalue weighted by Gasteiger charge is 2.23. The maximum atomic E-state index is 13.0. The molecule has 0 radical (unpaired) electrons. The Labute approximate surface area is 209 Å². The van der Waals surface area contributed by atoms with Gasteiger partial charge in [0.2, 0.25) is 5.95 Å². The Morgan fingerprint density at radius 3 is 2.57 bits per heavy atom. The molecule has 1 atom stereocenters. The number of ether oxygens (including phenoxy) is 1. The maximum Gasteiger partial charge on any atom is 0.332 e. The Morgan fingerprint density at radius 2 is 1.89 bits per heavy atom. The van der Waals surface area contributed by atoms with Crippen LogP contribution in [0, 0.1) is 6.92 Å². The molecule has 0 aliphatic carbocycles. The van der Waals surface area contributed by atoms with Gasteiger partial charge in [-0.1, -0.05) is 6.07 Å². The van der Waals surface area contributed by atoms with Gasteiger partial charge in [0.15, 0.2) is 11.2 Å². The SMILES string of the molecule is Cc1cc(C(O)CNCCCn2c(N3CCOCC3)nc3c2c(=O)n(C)c(=O)n3C)ccc1O.Cl. The van der Waals surface area contributed by atoms with E-state index in [1.807, 2.05) is 4.57 Å². The van der Waals surface area contributed by atoms with Gasteiger partial charge in [0.1, 0.15) is 5.75 Å². The molecule has 12 heteroatoms. The van der Waals surface area contributed by atoms with Crippen molar-refractivity contribution >= 4 is 29.5 Å². The van der Waals surface area contributed by atoms with E-state index in [1.165, 1.54) is 11.6 Å². The van der Waals surface area contributed by atoms with E-state index >= 15 is 0 Å². The van der Waals surface area contributed by atoms with E-state index in [-0.39, 0.29) is 23.7 Å². The number of phenolic OH excluding ortho intramolecular Hbond substituents is 1. The Balaban J connectivity index is 0.00000342. The van der Waals surface area contributed by atoms with Crippen LogP contribution in [0.3, 0.4) is 0 Å². The van der Waals surface area contributed by atoms with Crippen molar-refractivity contribution < 1.29 is 14.9 Å². The molecule has 1 saturated heterocycles. The first-order chi connectivity index (χ1) is 16.3. The second-order valence-electron chi connectivity index (χ2n) is 8.66. The Morgan fingerprint density at radius 1 is 1.17 bits per heavy atom. The van der Waals surface area contributed by atoms with Crippen molar-refractivity contribution in [2.75, 3.05) is 44.3 Å². The largest absolute Gasteiger partial charge is 0.508 e. The molecule has 0 bridgehead atoms. The van der Waals surface area contributed by atoms with E-state index in [9.17, 15) is 19.8 Å². The van der Waals surface area contributed by atoms with Crippen LogP contribution >= 0.6 is 12.4 Å². The van der Waals surface area contributed by atoms with E-state index in [1.54, 1.807) is 32.2 Å². The van der Waals surface area contributed by atoms with Gasteiger partial charge < -0.3 is 29.7 Å². The van der Waals surface area contributed by atoms with Gasteiger partial charge in [-0.3, -0.25) is 13.9 Å². The number of anilines is 1. The van der Waals surface area contributed by atoms with Crippen LogP contribution in [0.4, 0.5) is 5.95 Å². The fraction of sp³-hybridized carbons (Fsp3) is 0.522. The Bertz CT molecular complexity index is 1290. The van der Waals surface area contributed by atoms with E-state index in [4.69, 9.17) is 4.74 Å². The zero-order chi connectivity index (χ0) is 24.4. The molecule has 3 heterocycles. The van der Waals surface area contributed by atoms with Crippen LogP contribution in [0.2, 0.25) is 0 Å². The second kappa shape index (κ2) is 11.3. The maximum absolute atomic E-state index is 13.0. The van der Waals surface area contributed by atoms with Crippen LogP contribution in [0.25, 0.3) is 11.2 Å². The van der Waals surface area contributed by atoms with Gasteiger partial charge in [0, 0.05) is 40.3 Å². The summed E-state index contributed by atoms with van der Waals surface area (Å²) >= 11 is 0. The number of aliphatic hydroxyl groups is 1. The number of aromatic nitrogens is 4. The summed E-state index contributed by atoms with van der Waals surface area (Å²) in [6.07, 6.45) is -0.00468. The van der Waals surface area contributed by atoms with Crippen molar-refractivity contribution in [3.05, 3.63) is 50.2 Å². The second-order valence-corrected chi connectivity index (χ2v) is 8.66. The number of aryl methyl sites for hydroxylation is 3. The molecule has 0 saturated carbocycles. The molecule has 3 aromatic rings. The van der Waals surface area contributed by atoms with Crippen LogP contribution < -0.4 is 21.5 Å². The third-order valence-corrected chi connectivity index (χ3v) is 6.30. The fourth-order valence-electron chi connectivity index (χ4n) is 4.26. The lowest BCUT2D eigenvalue weighted by Gasteiger charge is -2.28. The predicted octanol–water partition coefficient (Wildman–Crippen LogP) is 0.419. The van der Waals surface area contributed by atoms with Crippen molar-refractivity contribution in [1.29, 1.82) is 0 Å². The fourth-order valence-corrected chi connectivity index (χ4v) is 4.26. The highest BCUT2D eigenvalue weighted by molar-refractivity contribution is 5.85. The zero-order valence-electron chi connectivity index (χ0n) is 20.2. The molecule has 4 rings (SSSR count). The normalized spacial score (nSPS) is 14.8. The minimum Gasteiger partial charge on any atom is -0.508 e. The Hall–Kier alpha value is -2.86. The summed E-state index contributed by atoms with van der Waals surface area (Å²) in [6, 6.07) is 5.06. The van der Waals surface area contributed by atoms with Crippen molar-refractivity contribution in [2.24, 2.45) is 14.1 Å². The molecule has 0 amide bonds. The number of hydrogen-bond acceptors (Lipinski definition) is 8. The zero-order valence-corrected chi connectivity index (χ0v) is 21.0. The molecule has 1 aromatic carbocycles. The van der Waals surface area contributed by atoms with Gasteiger partial charge in [-0.2, -0.15) is 4.98 Å². The summed E-state index contributed by atoms with van der Waals surface area (Å²) in [6.45, 7) is 5.78. The molecule has 35 heavy (non-hydrogen) atoms. The minimum atomic E-state index is -0.695. The number of imidazole rings is 1. The number of phenols is 1. The summed E-state index contributed by atoms with van der Waals surface area (Å²) in [5.74, 6) is 0.868. The number of hydrogen-bond donors (Lipinski definition) is 3. The molecular formula is C23H33ClN6O5. The van der Waals surface area contributed by atoms with Gasteiger partial charge in [0.25, 0.3) is 5.56 Å². The average molecular weight is 509 g/mol. The van der Waals surface area contributed by atoms with Gasteiger partial charge in [0.05, 0.1) is 19.3 Å². The number of halogens is 1. The first-order valence-electron chi connectivity index (χ1n) is 11.5. The summed E-state index contributed by atoms with van der Waals surface area (Å²) in [5, 5.41) is 23.4. The number of nitrogens with one attached hydrogen (secondary N) is 1. The van der Waals surface area contributed by atoms with Crippen molar-refractivity contribution in [2.45, 2.75) is 26.0 Å². The third-order valence-electron chi connectivity index (χ3n) is 6.30. The summed E-state index contributed by atoms with van der Waals surface area (Å²) in [4.78, 5) is 32.2. The molecule has 11 nitrogen and oxygen atoms in total. The molecule has 1 aliphatic rings. The van der Waals surface area contributed by atoms with Crippen LogP contribution in [0.15, 0.2) is 27.8 Å². The van der Waals surface area contributed by atoms with Crippen molar-refractivity contribution in [3.63, 3.8) is 0 Å². The highest BCUT2D eigenvalue weighted by Crippen LogP contribution is 2.22. The van der Waals surface area contributed by atoms with Crippen LogP contribution in [0.1, 0.15) is 23.7 Å². The lowest BCUT2D eigenvalue weighted by atomic mass is 10.1. The molecule has 2 aromatic heterocycles. The van der Waals surface area contributed by atoms with Crippen molar-refractivity contribution in [1.82, 2.24) is 24.0 Å². The topological polar surface area (TPSA) is 127 Å². The summed E-state index contributed by atoms with van der Waals surface area (Å²) < 4.78 is 9.87. The number of fused-ring (bicyclic) bond motifs is 1. The average Bonchev–Trinajstić information content (AvgIpc) is 3.23. The first-order valence-corrected chi connectivity index (χ1v) is 11.5. The van der Waals surface area contributed by atoms with Gasteiger partial charge in [-0.15, -0.1) is 12.4 Å². The smallest absolute Gasteiger partial charge is 0.332 e. The van der Waals surface area contributed by atoms with E-state index in [0.29, 0.717) is 69.5 Å². The van der Waals surface area contributed by atoms with Crippen LogP contribution in [0.5, 0.6) is 5.75 Å². The highest BCUT2D eigenvalue weighted by atomic mass is 35.5. The van der Waals surface area contributed by atoms with Gasteiger partial charge >= 0.3 is 5.69 Å². The summed E-state index contributed by atoms with van der Waals surface area (Å²) in [7, 11) is 3.10. The quantitative estimate of drug-likeness (QED) is 0.374. The molecule has 3 N–H and O–H groups in total. The molecule has 192 valence electrons. The molecule has 1 fully saturated rings. The number of morpholine rings is 1. The van der Waals surface area contributed by atoms with E-state index in [0.717, 1.165) is 15.7 Å². The Kier molecular flexibility index (Phi) is 8.60. The predicted molar refractivity (Wildman–Crippen MR) is 136 cm³/mol. The minimum absolute atomic E-state index is 0. The first kappa shape index (κ1) is 26.7.